The lowest BCUT2D eigenvalue weighted by molar-refractivity contribution is 0.526. The maximum Gasteiger partial charge on any atom is 0.115 e. The van der Waals surface area contributed by atoms with Crippen molar-refractivity contribution in [3.8, 4) is 0 Å². The minimum atomic E-state index is 0.192. The molecule has 1 heterocycles. The van der Waals surface area contributed by atoms with Gasteiger partial charge in [-0.2, -0.15) is 0 Å². The summed E-state index contributed by atoms with van der Waals surface area (Å²) in [7, 11) is 0. The van der Waals surface area contributed by atoms with E-state index in [1.54, 1.807) is 0 Å². The number of fused-ring (bicyclic) bond motifs is 1. The van der Waals surface area contributed by atoms with Gasteiger partial charge in [0.05, 0.1) is 11.7 Å². The minimum Gasteiger partial charge on any atom is -0.302 e. The third-order valence-electron chi connectivity index (χ3n) is 3.89. The molecule has 1 unspecified atom stereocenters. The van der Waals surface area contributed by atoms with Gasteiger partial charge in [-0.15, -0.1) is 11.3 Å². The Morgan fingerprint density at radius 2 is 2.10 bits per heavy atom. The molecular weight excluding hydrogens is 344 g/mol. The first-order valence-electron chi connectivity index (χ1n) is 7.55. The summed E-state index contributed by atoms with van der Waals surface area (Å²) in [6.07, 6.45) is 3.63. The fourth-order valence-corrected chi connectivity index (χ4v) is 4.40. The van der Waals surface area contributed by atoms with Gasteiger partial charge >= 0.3 is 0 Å². The summed E-state index contributed by atoms with van der Waals surface area (Å²) in [5.74, 6) is 0. The van der Waals surface area contributed by atoms with Crippen LogP contribution < -0.4 is 5.32 Å². The van der Waals surface area contributed by atoms with Gasteiger partial charge in [0, 0.05) is 15.4 Å². The van der Waals surface area contributed by atoms with Crippen LogP contribution in [0, 0.1) is 6.92 Å². The van der Waals surface area contributed by atoms with E-state index in [2.05, 4.69) is 60.2 Å². The molecule has 0 bridgehead atoms. The quantitative estimate of drug-likeness (QED) is 0.843. The number of halogens is 1. The molecule has 2 nitrogen and oxygen atoms in total. The molecule has 1 aliphatic carbocycles. The molecule has 0 spiro atoms. The summed E-state index contributed by atoms with van der Waals surface area (Å²) in [6, 6.07) is 7.23. The Morgan fingerprint density at radius 1 is 1.29 bits per heavy atom. The van der Waals surface area contributed by atoms with Crippen LogP contribution in [-0.4, -0.2) is 11.0 Å². The Labute approximate surface area is 139 Å². The first-order valence-corrected chi connectivity index (χ1v) is 9.16. The van der Waals surface area contributed by atoms with Crippen LogP contribution in [0.15, 0.2) is 22.7 Å². The number of rotatable bonds is 4. The number of nitrogens with one attached hydrogen (secondary N) is 1. The minimum absolute atomic E-state index is 0.192. The topological polar surface area (TPSA) is 24.9 Å². The van der Waals surface area contributed by atoms with E-state index in [1.807, 2.05) is 11.3 Å². The molecule has 112 valence electrons. The second-order valence-corrected chi connectivity index (χ2v) is 8.01. The predicted molar refractivity (Wildman–Crippen MR) is 93.1 cm³/mol. The molecule has 4 heteroatoms. The first kappa shape index (κ1) is 15.2. The SMILES string of the molecule is Cc1ccc(C(NC(C)C)c2nc3c(s2)CCC3)cc1Br. The van der Waals surface area contributed by atoms with Crippen molar-refractivity contribution in [1.82, 2.24) is 10.3 Å². The monoisotopic (exact) mass is 364 g/mol. The molecule has 21 heavy (non-hydrogen) atoms. The van der Waals surface area contributed by atoms with Crippen LogP contribution in [0.2, 0.25) is 0 Å². The summed E-state index contributed by atoms with van der Waals surface area (Å²) in [5.41, 5.74) is 3.88. The van der Waals surface area contributed by atoms with Crippen LogP contribution in [0.3, 0.4) is 0 Å². The highest BCUT2D eigenvalue weighted by Crippen LogP contribution is 2.34. The lowest BCUT2D eigenvalue weighted by Crippen LogP contribution is -2.29. The number of thiazole rings is 1. The summed E-state index contributed by atoms with van der Waals surface area (Å²) in [4.78, 5) is 6.41. The maximum atomic E-state index is 4.91. The van der Waals surface area contributed by atoms with Crippen molar-refractivity contribution in [1.29, 1.82) is 0 Å². The van der Waals surface area contributed by atoms with Gasteiger partial charge in [0.2, 0.25) is 0 Å². The molecule has 2 aromatic rings. The van der Waals surface area contributed by atoms with Gasteiger partial charge in [0.15, 0.2) is 0 Å². The van der Waals surface area contributed by atoms with E-state index in [0.29, 0.717) is 6.04 Å². The molecule has 1 N–H and O–H groups in total. The van der Waals surface area contributed by atoms with Gasteiger partial charge in [-0.25, -0.2) is 4.98 Å². The molecule has 0 radical (unpaired) electrons. The molecule has 0 aliphatic heterocycles. The van der Waals surface area contributed by atoms with Gasteiger partial charge in [0.1, 0.15) is 5.01 Å². The van der Waals surface area contributed by atoms with Crippen molar-refractivity contribution < 1.29 is 0 Å². The van der Waals surface area contributed by atoms with E-state index in [9.17, 15) is 0 Å². The predicted octanol–water partition coefficient (Wildman–Crippen LogP) is 4.79. The van der Waals surface area contributed by atoms with E-state index in [0.717, 1.165) is 6.42 Å². The lowest BCUT2D eigenvalue weighted by Gasteiger charge is -2.20. The largest absolute Gasteiger partial charge is 0.302 e. The molecule has 0 fully saturated rings. The highest BCUT2D eigenvalue weighted by molar-refractivity contribution is 9.10. The summed E-state index contributed by atoms with van der Waals surface area (Å²) < 4.78 is 1.17. The number of aryl methyl sites for hydroxylation is 3. The fourth-order valence-electron chi connectivity index (χ4n) is 2.77. The average Bonchev–Trinajstić information content (AvgIpc) is 3.00. The number of nitrogens with zero attached hydrogens (tertiary/aromatic N) is 1. The molecule has 0 saturated carbocycles. The second-order valence-electron chi connectivity index (χ2n) is 6.04. The van der Waals surface area contributed by atoms with Crippen LogP contribution >= 0.6 is 27.3 Å². The van der Waals surface area contributed by atoms with Crippen molar-refractivity contribution in [2.75, 3.05) is 0 Å². The van der Waals surface area contributed by atoms with E-state index < -0.39 is 0 Å². The zero-order valence-corrected chi connectivity index (χ0v) is 15.1. The lowest BCUT2D eigenvalue weighted by atomic mass is 10.0. The van der Waals surface area contributed by atoms with E-state index in [4.69, 9.17) is 4.98 Å². The van der Waals surface area contributed by atoms with Gasteiger partial charge in [-0.3, -0.25) is 0 Å². The zero-order valence-electron chi connectivity index (χ0n) is 12.7. The summed E-state index contributed by atoms with van der Waals surface area (Å²) in [6.45, 7) is 6.51. The molecular formula is C17H21BrN2S. The molecule has 1 aromatic carbocycles. The Kier molecular flexibility index (Phi) is 4.48. The number of hydrogen-bond acceptors (Lipinski definition) is 3. The standard InChI is InChI=1S/C17H21BrN2S/c1-10(2)19-16(12-8-7-11(3)13(18)9-12)17-20-14-5-4-6-15(14)21-17/h7-10,16,19H,4-6H2,1-3H3. The van der Waals surface area contributed by atoms with Crippen molar-refractivity contribution in [2.45, 2.75) is 52.1 Å². The average molecular weight is 365 g/mol. The second kappa shape index (κ2) is 6.19. The van der Waals surface area contributed by atoms with Crippen molar-refractivity contribution in [3.05, 3.63) is 49.4 Å². The van der Waals surface area contributed by atoms with Crippen molar-refractivity contribution >= 4 is 27.3 Å². The normalized spacial score (nSPS) is 15.5. The molecule has 0 saturated heterocycles. The molecule has 3 rings (SSSR count). The first-order chi connectivity index (χ1) is 10.0. The van der Waals surface area contributed by atoms with Crippen LogP contribution in [0.4, 0.5) is 0 Å². The third-order valence-corrected chi connectivity index (χ3v) is 5.96. The van der Waals surface area contributed by atoms with Crippen molar-refractivity contribution in [2.24, 2.45) is 0 Å². The van der Waals surface area contributed by atoms with Crippen LogP contribution in [0.1, 0.15) is 53.0 Å². The third kappa shape index (κ3) is 3.22. The van der Waals surface area contributed by atoms with Gasteiger partial charge in [0.25, 0.3) is 0 Å². The summed E-state index contributed by atoms with van der Waals surface area (Å²) in [5, 5.41) is 4.89. The van der Waals surface area contributed by atoms with E-state index >= 15 is 0 Å². The highest BCUT2D eigenvalue weighted by Gasteiger charge is 2.24. The molecule has 1 aromatic heterocycles. The van der Waals surface area contributed by atoms with Crippen LogP contribution in [0.25, 0.3) is 0 Å². The zero-order chi connectivity index (χ0) is 15.0. The smallest absolute Gasteiger partial charge is 0.115 e. The van der Waals surface area contributed by atoms with E-state index in [-0.39, 0.29) is 6.04 Å². The Balaban J connectivity index is 1.98. The Hall–Kier alpha value is -0.710. The van der Waals surface area contributed by atoms with Gasteiger partial charge < -0.3 is 5.32 Å². The van der Waals surface area contributed by atoms with Crippen LogP contribution in [-0.2, 0) is 12.8 Å². The number of aromatic nitrogens is 1. The highest BCUT2D eigenvalue weighted by atomic mass is 79.9. The Morgan fingerprint density at radius 3 is 2.76 bits per heavy atom. The van der Waals surface area contributed by atoms with Gasteiger partial charge in [-0.1, -0.05) is 28.1 Å². The number of benzene rings is 1. The molecule has 0 amide bonds. The maximum absolute atomic E-state index is 4.91. The van der Waals surface area contributed by atoms with Crippen LogP contribution in [0.5, 0.6) is 0 Å². The Bertz CT molecular complexity index is 627. The van der Waals surface area contributed by atoms with Crippen molar-refractivity contribution in [3.63, 3.8) is 0 Å². The summed E-state index contributed by atoms with van der Waals surface area (Å²) >= 11 is 5.54. The molecule has 1 atom stereocenters. The van der Waals surface area contributed by atoms with Gasteiger partial charge in [-0.05, 0) is 57.2 Å². The fraction of sp³-hybridized carbons (Fsp3) is 0.471. The molecule has 1 aliphatic rings. The number of hydrogen-bond donors (Lipinski definition) is 1. The van der Waals surface area contributed by atoms with E-state index in [1.165, 1.54) is 44.0 Å².